The third-order valence-electron chi connectivity index (χ3n) is 9.19. The average Bonchev–Trinajstić information content (AvgIpc) is 3.11. The number of nitrogens with zero attached hydrogens (tertiary/aromatic N) is 1. The van der Waals surface area contributed by atoms with Crippen LogP contribution >= 0.6 is 0 Å². The number of aromatic nitrogens is 1. The molecule has 5 atom stereocenters. The fourth-order valence-corrected chi connectivity index (χ4v) is 7.68. The highest BCUT2D eigenvalue weighted by molar-refractivity contribution is 5.82. The van der Waals surface area contributed by atoms with Crippen molar-refractivity contribution in [3.8, 4) is 0 Å². The summed E-state index contributed by atoms with van der Waals surface area (Å²) < 4.78 is 8.47. The summed E-state index contributed by atoms with van der Waals surface area (Å²) in [6.45, 7) is 11.3. The number of hydrogen-bond acceptors (Lipinski definition) is 2. The van der Waals surface area contributed by atoms with Gasteiger partial charge >= 0.3 is 5.97 Å². The van der Waals surface area contributed by atoms with Crippen molar-refractivity contribution in [3.05, 3.63) is 36.0 Å². The number of fused-ring (bicyclic) bond motifs is 7. The van der Waals surface area contributed by atoms with Crippen LogP contribution in [0.5, 0.6) is 0 Å². The zero-order valence-electron chi connectivity index (χ0n) is 17.9. The SMILES string of the molecule is CC(=O)O[C@H]1CC[C@@]2(C)[C@H](CC[C@@H]3n4c(cc5ccccc54)C[C@]32C)C1(C)C. The molecule has 1 aliphatic heterocycles. The average molecular weight is 380 g/mol. The summed E-state index contributed by atoms with van der Waals surface area (Å²) in [7, 11) is 0. The van der Waals surface area contributed by atoms with Gasteiger partial charge in [-0.2, -0.15) is 0 Å². The van der Waals surface area contributed by atoms with Crippen LogP contribution in [-0.4, -0.2) is 16.6 Å². The Labute approximate surface area is 168 Å². The topological polar surface area (TPSA) is 31.2 Å². The van der Waals surface area contributed by atoms with Crippen molar-refractivity contribution >= 4 is 16.9 Å². The lowest BCUT2D eigenvalue weighted by molar-refractivity contribution is -0.195. The quantitative estimate of drug-likeness (QED) is 0.577. The summed E-state index contributed by atoms with van der Waals surface area (Å²) in [5.74, 6) is 0.445. The van der Waals surface area contributed by atoms with Crippen molar-refractivity contribution in [2.45, 2.75) is 78.9 Å². The third kappa shape index (κ3) is 2.14. The lowest BCUT2D eigenvalue weighted by atomic mass is 9.41. The fourth-order valence-electron chi connectivity index (χ4n) is 7.68. The molecule has 2 fully saturated rings. The van der Waals surface area contributed by atoms with Crippen LogP contribution in [-0.2, 0) is 16.0 Å². The molecule has 3 aliphatic rings. The highest BCUT2D eigenvalue weighted by atomic mass is 16.5. The van der Waals surface area contributed by atoms with E-state index in [4.69, 9.17) is 4.74 Å². The summed E-state index contributed by atoms with van der Waals surface area (Å²) >= 11 is 0. The molecule has 28 heavy (non-hydrogen) atoms. The summed E-state index contributed by atoms with van der Waals surface area (Å²) in [5.41, 5.74) is 3.45. The summed E-state index contributed by atoms with van der Waals surface area (Å²) in [6, 6.07) is 11.9. The molecule has 0 spiro atoms. The predicted molar refractivity (Wildman–Crippen MR) is 112 cm³/mol. The Hall–Kier alpha value is -1.77. The zero-order chi connectivity index (χ0) is 19.9. The van der Waals surface area contributed by atoms with Gasteiger partial charge < -0.3 is 9.30 Å². The molecular weight excluding hydrogens is 346 g/mol. The van der Waals surface area contributed by atoms with Crippen LogP contribution in [0.2, 0.25) is 0 Å². The van der Waals surface area contributed by atoms with Gasteiger partial charge in [-0.05, 0) is 66.4 Å². The molecule has 3 heteroatoms. The number of benzene rings is 1. The number of ether oxygens (including phenoxy) is 1. The highest BCUT2D eigenvalue weighted by Gasteiger charge is 2.65. The molecular formula is C25H33NO2. The van der Waals surface area contributed by atoms with E-state index < -0.39 is 0 Å². The first kappa shape index (κ1) is 18.3. The van der Waals surface area contributed by atoms with Crippen LogP contribution in [0.25, 0.3) is 10.9 Å². The predicted octanol–water partition coefficient (Wildman–Crippen LogP) is 5.91. The second-order valence-electron chi connectivity index (χ2n) is 10.7. The molecule has 0 N–H and O–H groups in total. The van der Waals surface area contributed by atoms with Gasteiger partial charge in [0.15, 0.2) is 0 Å². The van der Waals surface area contributed by atoms with Gasteiger partial charge in [-0.1, -0.05) is 45.9 Å². The van der Waals surface area contributed by atoms with Crippen LogP contribution < -0.4 is 0 Å². The molecule has 0 unspecified atom stereocenters. The maximum Gasteiger partial charge on any atom is 0.302 e. The summed E-state index contributed by atoms with van der Waals surface area (Å²) in [4.78, 5) is 11.7. The van der Waals surface area contributed by atoms with Crippen LogP contribution in [0.4, 0.5) is 0 Å². The lowest BCUT2D eigenvalue weighted by Gasteiger charge is -2.64. The van der Waals surface area contributed by atoms with Gasteiger partial charge in [0.05, 0.1) is 0 Å². The fraction of sp³-hybridized carbons (Fsp3) is 0.640. The number of para-hydroxylation sites is 1. The maximum atomic E-state index is 11.7. The smallest absolute Gasteiger partial charge is 0.302 e. The van der Waals surface area contributed by atoms with E-state index in [1.54, 1.807) is 6.92 Å². The molecule has 0 bridgehead atoms. The molecule has 0 amide bonds. The Balaban J connectivity index is 1.56. The number of carbonyl (C=O) groups excluding carboxylic acids is 1. The van der Waals surface area contributed by atoms with Crippen LogP contribution in [0, 0.1) is 22.2 Å². The van der Waals surface area contributed by atoms with Crippen molar-refractivity contribution in [2.24, 2.45) is 22.2 Å². The van der Waals surface area contributed by atoms with Crippen LogP contribution in [0.1, 0.15) is 72.0 Å². The minimum absolute atomic E-state index is 0.0198. The molecule has 2 saturated carbocycles. The van der Waals surface area contributed by atoms with E-state index in [1.165, 1.54) is 29.4 Å². The van der Waals surface area contributed by atoms with E-state index in [-0.39, 0.29) is 28.3 Å². The molecule has 2 heterocycles. The minimum atomic E-state index is -0.134. The summed E-state index contributed by atoms with van der Waals surface area (Å²) in [6.07, 6.45) is 5.77. The largest absolute Gasteiger partial charge is 0.462 e. The molecule has 5 rings (SSSR count). The van der Waals surface area contributed by atoms with E-state index in [1.807, 2.05) is 0 Å². The van der Waals surface area contributed by atoms with Gasteiger partial charge in [0.2, 0.25) is 0 Å². The Bertz CT molecular complexity index is 957. The second-order valence-corrected chi connectivity index (χ2v) is 10.7. The van der Waals surface area contributed by atoms with Gasteiger partial charge in [0.25, 0.3) is 0 Å². The molecule has 1 aromatic carbocycles. The van der Waals surface area contributed by atoms with Gasteiger partial charge in [0.1, 0.15) is 6.10 Å². The van der Waals surface area contributed by atoms with Crippen LogP contribution in [0.3, 0.4) is 0 Å². The van der Waals surface area contributed by atoms with E-state index >= 15 is 0 Å². The molecule has 0 radical (unpaired) electrons. The minimum Gasteiger partial charge on any atom is -0.462 e. The highest BCUT2D eigenvalue weighted by Crippen LogP contribution is 2.70. The number of hydrogen-bond donors (Lipinski definition) is 0. The molecule has 2 aliphatic carbocycles. The van der Waals surface area contributed by atoms with E-state index in [9.17, 15) is 4.79 Å². The molecule has 3 nitrogen and oxygen atoms in total. The maximum absolute atomic E-state index is 11.7. The Kier molecular flexibility index (Phi) is 3.68. The second kappa shape index (κ2) is 5.64. The van der Waals surface area contributed by atoms with Gasteiger partial charge in [0, 0.05) is 29.6 Å². The lowest BCUT2D eigenvalue weighted by Crippen LogP contribution is -2.60. The molecule has 0 saturated heterocycles. The first-order valence-electron chi connectivity index (χ1n) is 10.9. The Morgan fingerprint density at radius 2 is 1.82 bits per heavy atom. The van der Waals surface area contributed by atoms with Crippen molar-refractivity contribution in [2.75, 3.05) is 0 Å². The van der Waals surface area contributed by atoms with E-state index in [0.717, 1.165) is 19.3 Å². The number of rotatable bonds is 1. The third-order valence-corrected chi connectivity index (χ3v) is 9.19. The van der Waals surface area contributed by atoms with Crippen molar-refractivity contribution in [3.63, 3.8) is 0 Å². The normalized spacial score (nSPS) is 38.5. The van der Waals surface area contributed by atoms with Gasteiger partial charge in [-0.25, -0.2) is 0 Å². The monoisotopic (exact) mass is 379 g/mol. The van der Waals surface area contributed by atoms with E-state index in [2.05, 4.69) is 62.6 Å². The first-order valence-corrected chi connectivity index (χ1v) is 10.9. The molecule has 1 aromatic heterocycles. The Morgan fingerprint density at radius 3 is 2.57 bits per heavy atom. The van der Waals surface area contributed by atoms with E-state index in [0.29, 0.717) is 12.0 Å². The van der Waals surface area contributed by atoms with Crippen molar-refractivity contribution < 1.29 is 9.53 Å². The molecule has 2 aromatic rings. The first-order chi connectivity index (χ1) is 13.2. The number of carbonyl (C=O) groups is 1. The number of esters is 1. The van der Waals surface area contributed by atoms with Gasteiger partial charge in [-0.3, -0.25) is 4.79 Å². The zero-order valence-corrected chi connectivity index (χ0v) is 17.9. The van der Waals surface area contributed by atoms with Crippen LogP contribution in [0.15, 0.2) is 30.3 Å². The van der Waals surface area contributed by atoms with Gasteiger partial charge in [-0.15, -0.1) is 0 Å². The Morgan fingerprint density at radius 1 is 1.07 bits per heavy atom. The summed E-state index contributed by atoms with van der Waals surface area (Å²) in [5, 5.41) is 1.38. The standard InChI is InChI=1S/C25H33NO2/c1-16(27)28-22-12-13-24(4)20(23(22,2)3)10-11-21-25(24,5)15-18-14-17-8-6-7-9-19(17)26(18)21/h6-9,14,20-22H,10-13,15H2,1-5H3/t20-,21+,22+,24+,25-/m1/s1. The van der Waals surface area contributed by atoms with Crippen molar-refractivity contribution in [1.82, 2.24) is 4.57 Å². The molecule has 150 valence electrons. The van der Waals surface area contributed by atoms with Crippen molar-refractivity contribution in [1.29, 1.82) is 0 Å².